The van der Waals surface area contributed by atoms with Gasteiger partial charge in [-0.25, -0.2) is 19.6 Å². The fraction of sp³-hybridized carbons (Fsp3) is 0.300. The van der Waals surface area contributed by atoms with Gasteiger partial charge in [0.15, 0.2) is 0 Å². The third-order valence-electron chi connectivity index (χ3n) is 4.65. The largest absolute Gasteiger partial charge is 0.471 e. The molecule has 1 amide bonds. The molecule has 0 radical (unpaired) electrons. The van der Waals surface area contributed by atoms with Crippen LogP contribution in [0.3, 0.4) is 0 Å². The van der Waals surface area contributed by atoms with Crippen molar-refractivity contribution in [2.45, 2.75) is 13.3 Å². The maximum absolute atomic E-state index is 12.7. The molecule has 1 aromatic heterocycles. The number of benzene rings is 1. The number of anilines is 2. The average molecular weight is 418 g/mol. The Bertz CT molecular complexity index is 899. The number of nitrogens with zero attached hydrogens (tertiary/aromatic N) is 3. The zero-order valence-corrected chi connectivity index (χ0v) is 16.5. The van der Waals surface area contributed by atoms with Gasteiger partial charge in [-0.2, -0.15) is 0 Å². The molecule has 0 spiro atoms. The smallest absolute Gasteiger partial charge is 0.263 e. The van der Waals surface area contributed by atoms with Crippen LogP contribution in [0.4, 0.5) is 20.2 Å². The van der Waals surface area contributed by atoms with E-state index in [2.05, 4.69) is 10.3 Å². The lowest BCUT2D eigenvalue weighted by atomic mass is 10.2. The first kappa shape index (κ1) is 21.3. The second kappa shape index (κ2) is 9.40. The van der Waals surface area contributed by atoms with E-state index in [1.807, 2.05) is 11.0 Å². The second-order valence-corrected chi connectivity index (χ2v) is 6.81. The molecule has 3 rings (SSSR count). The molecule has 0 unspecified atom stereocenters. The van der Waals surface area contributed by atoms with Crippen LogP contribution in [0.15, 0.2) is 54.0 Å². The molecule has 8 nitrogen and oxygen atoms in total. The maximum atomic E-state index is 12.7. The first-order chi connectivity index (χ1) is 14.3. The van der Waals surface area contributed by atoms with Gasteiger partial charge in [-0.3, -0.25) is 9.80 Å². The summed E-state index contributed by atoms with van der Waals surface area (Å²) in [4.78, 5) is 17.7. The van der Waals surface area contributed by atoms with E-state index < -0.39 is 6.43 Å². The highest BCUT2D eigenvalue weighted by Gasteiger charge is 2.17. The van der Waals surface area contributed by atoms with E-state index in [4.69, 9.17) is 16.3 Å². The number of nitrogens with two attached hydrogens (primary N) is 2. The Morgan fingerprint density at radius 1 is 1.30 bits per heavy atom. The molecule has 0 saturated carbocycles. The molecule has 0 atom stereocenters. The van der Waals surface area contributed by atoms with Crippen molar-refractivity contribution in [3.63, 3.8) is 0 Å². The van der Waals surface area contributed by atoms with Gasteiger partial charge in [0, 0.05) is 30.4 Å². The molecule has 10 heteroatoms. The number of rotatable bonds is 7. The van der Waals surface area contributed by atoms with Crippen molar-refractivity contribution in [2.24, 2.45) is 11.6 Å². The number of alkyl halides is 2. The van der Waals surface area contributed by atoms with Crippen molar-refractivity contribution in [1.82, 2.24) is 10.3 Å². The van der Waals surface area contributed by atoms with Gasteiger partial charge < -0.3 is 20.7 Å². The summed E-state index contributed by atoms with van der Waals surface area (Å²) in [7, 11) is 0. The zero-order chi connectivity index (χ0) is 21.7. The number of pyridine rings is 1. The number of allylic oxidation sites excluding steroid dienone is 1. The van der Waals surface area contributed by atoms with Gasteiger partial charge in [-0.05, 0) is 25.1 Å². The molecule has 1 aliphatic heterocycles. The number of hydrogen-bond donors (Lipinski definition) is 3. The number of aromatic nitrogens is 1. The minimum atomic E-state index is -2.55. The van der Waals surface area contributed by atoms with Crippen LogP contribution < -0.4 is 31.5 Å². The highest BCUT2D eigenvalue weighted by Crippen LogP contribution is 2.24. The highest BCUT2D eigenvalue weighted by molar-refractivity contribution is 5.82. The molecule has 0 bridgehead atoms. The predicted molar refractivity (Wildman–Crippen MR) is 110 cm³/mol. The number of carbonyl (C=O) groups is 1. The Kier molecular flexibility index (Phi) is 6.68. The standard InChI is InChI=1S/C20H24F2N6O2/c1-13(23)17(28(24)15-4-2-14(3-5-15)20(21)22)12-30-19-7-6-16(10-26-19)27-9-8-25-18(29)11-27/h2-7,10,20H,8-9,11-12,23-24H2,1H3,(H,25,29)/b17-13-. The number of ether oxygens (including phenoxy) is 1. The van der Waals surface area contributed by atoms with Gasteiger partial charge in [0.1, 0.15) is 6.61 Å². The van der Waals surface area contributed by atoms with Crippen molar-refractivity contribution in [3.05, 3.63) is 59.6 Å². The average Bonchev–Trinajstić information content (AvgIpc) is 2.74. The summed E-state index contributed by atoms with van der Waals surface area (Å²) in [5.41, 5.74) is 8.07. The van der Waals surface area contributed by atoms with Crippen molar-refractivity contribution in [1.29, 1.82) is 0 Å². The lowest BCUT2D eigenvalue weighted by molar-refractivity contribution is -0.120. The molecule has 5 N–H and O–H groups in total. The second-order valence-electron chi connectivity index (χ2n) is 6.81. The number of hydrazine groups is 1. The Labute approximate surface area is 173 Å². The van der Waals surface area contributed by atoms with E-state index in [0.717, 1.165) is 5.69 Å². The van der Waals surface area contributed by atoms with Crippen LogP contribution in [0.5, 0.6) is 5.88 Å². The summed E-state index contributed by atoms with van der Waals surface area (Å²) in [6.07, 6.45) is -0.913. The molecular weight excluding hydrogens is 394 g/mol. The van der Waals surface area contributed by atoms with Crippen molar-refractivity contribution in [3.8, 4) is 5.88 Å². The van der Waals surface area contributed by atoms with Crippen molar-refractivity contribution >= 4 is 17.3 Å². The van der Waals surface area contributed by atoms with E-state index in [1.54, 1.807) is 19.2 Å². The minimum Gasteiger partial charge on any atom is -0.471 e. The SMILES string of the molecule is C/C(N)=C(\COc1ccc(N2CCNC(=O)C2)cn1)N(N)c1ccc(C(F)F)cc1. The van der Waals surface area contributed by atoms with Crippen LogP contribution in [0.25, 0.3) is 0 Å². The van der Waals surface area contributed by atoms with Gasteiger partial charge in [0.2, 0.25) is 11.8 Å². The van der Waals surface area contributed by atoms with Crippen LogP contribution in [0.1, 0.15) is 18.9 Å². The molecule has 2 heterocycles. The summed E-state index contributed by atoms with van der Waals surface area (Å²) in [6.45, 7) is 3.29. The Balaban J connectivity index is 1.64. The summed E-state index contributed by atoms with van der Waals surface area (Å²) in [5, 5.41) is 4.07. The Hall–Kier alpha value is -3.40. The maximum Gasteiger partial charge on any atom is 0.263 e. The van der Waals surface area contributed by atoms with Gasteiger partial charge in [0.25, 0.3) is 6.43 Å². The summed E-state index contributed by atoms with van der Waals surface area (Å²) in [5.74, 6) is 6.46. The molecule has 2 aromatic rings. The first-order valence-corrected chi connectivity index (χ1v) is 9.34. The number of hydrogen-bond acceptors (Lipinski definition) is 7. The molecule has 30 heavy (non-hydrogen) atoms. The first-order valence-electron chi connectivity index (χ1n) is 9.34. The molecular formula is C20H24F2N6O2. The van der Waals surface area contributed by atoms with E-state index in [0.29, 0.717) is 36.1 Å². The lowest BCUT2D eigenvalue weighted by Gasteiger charge is -2.28. The topological polar surface area (TPSA) is 110 Å². The van der Waals surface area contributed by atoms with Crippen molar-refractivity contribution in [2.75, 3.05) is 36.1 Å². The molecule has 1 aromatic carbocycles. The van der Waals surface area contributed by atoms with Crippen LogP contribution >= 0.6 is 0 Å². The predicted octanol–water partition coefficient (Wildman–Crippen LogP) is 1.90. The normalized spacial score (nSPS) is 15.0. The van der Waals surface area contributed by atoms with Crippen LogP contribution in [0, 0.1) is 0 Å². The van der Waals surface area contributed by atoms with E-state index in [-0.39, 0.29) is 24.6 Å². The van der Waals surface area contributed by atoms with Crippen LogP contribution in [-0.2, 0) is 4.79 Å². The number of nitrogens with one attached hydrogen (secondary N) is 1. The monoisotopic (exact) mass is 418 g/mol. The van der Waals surface area contributed by atoms with E-state index >= 15 is 0 Å². The number of piperazine rings is 1. The van der Waals surface area contributed by atoms with Gasteiger partial charge in [0.05, 0.1) is 29.8 Å². The number of halogens is 2. The fourth-order valence-electron chi connectivity index (χ4n) is 2.96. The summed E-state index contributed by atoms with van der Waals surface area (Å²) in [6, 6.07) is 9.13. The van der Waals surface area contributed by atoms with Gasteiger partial charge in [-0.15, -0.1) is 0 Å². The molecule has 1 saturated heterocycles. The summed E-state index contributed by atoms with van der Waals surface area (Å²) >= 11 is 0. The van der Waals surface area contributed by atoms with Crippen LogP contribution in [-0.4, -0.2) is 37.1 Å². The molecule has 0 aliphatic carbocycles. The highest BCUT2D eigenvalue weighted by atomic mass is 19.3. The number of amides is 1. The Morgan fingerprint density at radius 3 is 2.60 bits per heavy atom. The number of carbonyl (C=O) groups excluding carboxylic acids is 1. The third kappa shape index (κ3) is 5.15. The molecule has 1 fully saturated rings. The quantitative estimate of drug-likeness (QED) is 0.465. The zero-order valence-electron chi connectivity index (χ0n) is 16.5. The van der Waals surface area contributed by atoms with Crippen LogP contribution in [0.2, 0.25) is 0 Å². The lowest BCUT2D eigenvalue weighted by Crippen LogP contribution is -2.47. The molecule has 1 aliphatic rings. The third-order valence-corrected chi connectivity index (χ3v) is 4.65. The van der Waals surface area contributed by atoms with Gasteiger partial charge >= 0.3 is 0 Å². The summed E-state index contributed by atoms with van der Waals surface area (Å²) < 4.78 is 31.2. The van der Waals surface area contributed by atoms with E-state index in [9.17, 15) is 13.6 Å². The van der Waals surface area contributed by atoms with Gasteiger partial charge in [-0.1, -0.05) is 12.1 Å². The Morgan fingerprint density at radius 2 is 2.03 bits per heavy atom. The fourth-order valence-corrected chi connectivity index (χ4v) is 2.96. The van der Waals surface area contributed by atoms with Crippen molar-refractivity contribution < 1.29 is 18.3 Å². The molecule has 160 valence electrons. The minimum absolute atomic E-state index is 0.0283. The van der Waals surface area contributed by atoms with E-state index in [1.165, 1.54) is 29.3 Å².